The van der Waals surface area contributed by atoms with E-state index in [0.29, 0.717) is 5.88 Å². The van der Waals surface area contributed by atoms with Gasteiger partial charge in [0.25, 0.3) is 0 Å². The molecule has 0 aromatic carbocycles. The minimum Gasteiger partial charge on any atom is -0.397 e. The van der Waals surface area contributed by atoms with Crippen LogP contribution in [0.15, 0.2) is 0 Å². The van der Waals surface area contributed by atoms with E-state index in [9.17, 15) is 0 Å². The maximum Gasteiger partial charge on any atom is 0.121 e. The van der Waals surface area contributed by atoms with Crippen LogP contribution in [0.1, 0.15) is 6.92 Å². The van der Waals surface area contributed by atoms with Crippen LogP contribution in [-0.4, -0.2) is 22.4 Å². The molecule has 0 aromatic heterocycles. The van der Waals surface area contributed by atoms with E-state index in [4.69, 9.17) is 39.9 Å². The van der Waals surface area contributed by atoms with Crippen molar-refractivity contribution in [3.8, 4) is 0 Å². The molecule has 1 nitrogen and oxygen atoms in total. The molecule has 0 unspecified atom stereocenters. The molecule has 4 heteroatoms. The predicted octanol–water partition coefficient (Wildman–Crippen LogP) is 2.03. The summed E-state index contributed by atoms with van der Waals surface area (Å²) in [5, 5.41) is 7.57. The summed E-state index contributed by atoms with van der Waals surface area (Å²) in [6.45, 7) is 1.93. The van der Waals surface area contributed by atoms with Crippen molar-refractivity contribution < 1.29 is 5.11 Å². The van der Waals surface area contributed by atoms with E-state index in [-0.39, 0.29) is 6.61 Å². The predicted molar refractivity (Wildman–Crippen MR) is 39.0 cm³/mol. The molecule has 1 N–H and O–H groups in total. The van der Waals surface area contributed by atoms with Gasteiger partial charge in [0.05, 0.1) is 5.88 Å². The van der Waals surface area contributed by atoms with Gasteiger partial charge in [-0.3, -0.25) is 0 Å². The summed E-state index contributed by atoms with van der Waals surface area (Å²) >= 11 is 15.3. The Balaban J connectivity index is 0. The highest BCUT2D eigenvalue weighted by molar-refractivity contribution is 6.47. The number of hydrogen-bond acceptors (Lipinski definition) is 1. The molecule has 0 aliphatic carbocycles. The molecule has 0 saturated carbocycles. The second-order valence-corrected chi connectivity index (χ2v) is 2.45. The summed E-state index contributed by atoms with van der Waals surface area (Å²) in [5.74, 6) is 0.309. The van der Waals surface area contributed by atoms with Crippen LogP contribution in [-0.2, 0) is 0 Å². The standard InChI is InChI=1S/C2H3Cl3.C2H6O/c3-1-2(4)5;1-2-3/h2H,1H2;3H,2H2,1H3. The van der Waals surface area contributed by atoms with E-state index in [2.05, 4.69) is 0 Å². The first-order valence-electron chi connectivity index (χ1n) is 2.14. The van der Waals surface area contributed by atoms with Gasteiger partial charge in [-0.05, 0) is 6.92 Å². The van der Waals surface area contributed by atoms with Crippen LogP contribution in [0.5, 0.6) is 0 Å². The lowest BCUT2D eigenvalue weighted by Crippen LogP contribution is -1.82. The summed E-state index contributed by atoms with van der Waals surface area (Å²) in [5.41, 5.74) is 0. The topological polar surface area (TPSA) is 20.2 Å². The highest BCUT2D eigenvalue weighted by atomic mass is 35.5. The molecule has 0 amide bonds. The Morgan fingerprint density at radius 3 is 1.62 bits per heavy atom. The van der Waals surface area contributed by atoms with Gasteiger partial charge < -0.3 is 5.11 Å². The van der Waals surface area contributed by atoms with E-state index >= 15 is 0 Å². The zero-order valence-electron chi connectivity index (χ0n) is 4.57. The average molecular weight is 179 g/mol. The number of aliphatic hydroxyl groups is 1. The fourth-order valence-corrected chi connectivity index (χ4v) is 0. The van der Waals surface area contributed by atoms with Crippen molar-refractivity contribution in [2.24, 2.45) is 0 Å². The second kappa shape index (κ2) is 10.7. The van der Waals surface area contributed by atoms with Gasteiger partial charge in [0.1, 0.15) is 4.84 Å². The molecule has 0 saturated heterocycles. The lowest BCUT2D eigenvalue weighted by molar-refractivity contribution is 0.318. The summed E-state index contributed by atoms with van der Waals surface area (Å²) in [6, 6.07) is 0. The molecule has 0 fully saturated rings. The lowest BCUT2D eigenvalue weighted by Gasteiger charge is -1.82. The fraction of sp³-hybridized carbons (Fsp3) is 1.00. The molecule has 0 atom stereocenters. The quantitative estimate of drug-likeness (QED) is 0.611. The number of halogens is 3. The average Bonchev–Trinajstić information content (AvgIpc) is 1.69. The van der Waals surface area contributed by atoms with E-state index in [1.54, 1.807) is 6.92 Å². The number of aliphatic hydroxyl groups excluding tert-OH is 1. The SMILES string of the molecule is CCO.ClCC(Cl)Cl. The van der Waals surface area contributed by atoms with Crippen LogP contribution in [0, 0.1) is 0 Å². The molecule has 0 rings (SSSR count). The first kappa shape index (κ1) is 11.6. The molecule has 0 radical (unpaired) electrons. The maximum atomic E-state index is 7.57. The molecular weight excluding hydrogens is 170 g/mol. The van der Waals surface area contributed by atoms with Gasteiger partial charge in [-0.1, -0.05) is 0 Å². The van der Waals surface area contributed by atoms with Crippen molar-refractivity contribution in [2.75, 3.05) is 12.5 Å². The largest absolute Gasteiger partial charge is 0.397 e. The Bertz CT molecular complexity index is 32.5. The van der Waals surface area contributed by atoms with Crippen LogP contribution < -0.4 is 0 Å². The maximum absolute atomic E-state index is 7.57. The minimum atomic E-state index is -0.406. The number of hydrogen-bond donors (Lipinski definition) is 1. The Kier molecular flexibility index (Phi) is 15.6. The molecule has 8 heavy (non-hydrogen) atoms. The van der Waals surface area contributed by atoms with Gasteiger partial charge in [0.2, 0.25) is 0 Å². The van der Waals surface area contributed by atoms with Crippen LogP contribution >= 0.6 is 34.8 Å². The highest BCUT2D eigenvalue weighted by Crippen LogP contribution is 2.01. The summed E-state index contributed by atoms with van der Waals surface area (Å²) in [7, 11) is 0. The first-order chi connectivity index (χ1) is 3.68. The molecule has 0 heterocycles. The van der Waals surface area contributed by atoms with Crippen molar-refractivity contribution in [3.63, 3.8) is 0 Å². The number of rotatable bonds is 1. The van der Waals surface area contributed by atoms with E-state index in [1.807, 2.05) is 0 Å². The zero-order valence-corrected chi connectivity index (χ0v) is 6.84. The zero-order chi connectivity index (χ0) is 6.99. The van der Waals surface area contributed by atoms with Crippen LogP contribution in [0.25, 0.3) is 0 Å². The van der Waals surface area contributed by atoms with Gasteiger partial charge >= 0.3 is 0 Å². The molecule has 52 valence electrons. The third-order valence-corrected chi connectivity index (χ3v) is 1.05. The Labute approximate surface area is 64.5 Å². The molecule has 0 aliphatic rings. The van der Waals surface area contributed by atoms with Gasteiger partial charge in [-0.25, -0.2) is 0 Å². The number of alkyl halides is 3. The third-order valence-electron chi connectivity index (χ3n) is 0.117. The van der Waals surface area contributed by atoms with Crippen molar-refractivity contribution in [3.05, 3.63) is 0 Å². The minimum absolute atomic E-state index is 0.250. The summed E-state index contributed by atoms with van der Waals surface area (Å²) in [4.78, 5) is -0.406. The first-order valence-corrected chi connectivity index (χ1v) is 3.54. The van der Waals surface area contributed by atoms with Gasteiger partial charge in [0.15, 0.2) is 0 Å². The lowest BCUT2D eigenvalue weighted by atomic mass is 10.9. The monoisotopic (exact) mass is 178 g/mol. The van der Waals surface area contributed by atoms with E-state index in [1.165, 1.54) is 0 Å². The van der Waals surface area contributed by atoms with Crippen molar-refractivity contribution in [2.45, 2.75) is 11.8 Å². The molecule has 0 bridgehead atoms. The Morgan fingerprint density at radius 1 is 1.50 bits per heavy atom. The van der Waals surface area contributed by atoms with E-state index in [0.717, 1.165) is 0 Å². The second-order valence-electron chi connectivity index (χ2n) is 0.862. The molecule has 0 aromatic rings. The van der Waals surface area contributed by atoms with Crippen LogP contribution in [0.3, 0.4) is 0 Å². The van der Waals surface area contributed by atoms with Crippen molar-refractivity contribution in [1.82, 2.24) is 0 Å². The summed E-state index contributed by atoms with van der Waals surface area (Å²) < 4.78 is 0. The van der Waals surface area contributed by atoms with Crippen LogP contribution in [0.2, 0.25) is 0 Å². The van der Waals surface area contributed by atoms with Gasteiger partial charge in [0, 0.05) is 6.61 Å². The van der Waals surface area contributed by atoms with E-state index < -0.39 is 4.84 Å². The Morgan fingerprint density at radius 2 is 1.62 bits per heavy atom. The van der Waals surface area contributed by atoms with Gasteiger partial charge in [-0.2, -0.15) is 0 Å². The van der Waals surface area contributed by atoms with Crippen molar-refractivity contribution in [1.29, 1.82) is 0 Å². The normalized spacial score (nSPS) is 8.25. The fourth-order valence-electron chi connectivity index (χ4n) is 0. The molecular formula is C4H9Cl3O. The third kappa shape index (κ3) is 29.0. The molecule has 0 spiro atoms. The highest BCUT2D eigenvalue weighted by Gasteiger charge is 1.88. The van der Waals surface area contributed by atoms with Crippen LogP contribution in [0.4, 0.5) is 0 Å². The smallest absolute Gasteiger partial charge is 0.121 e. The molecule has 0 aliphatic heterocycles. The van der Waals surface area contributed by atoms with Gasteiger partial charge in [-0.15, -0.1) is 34.8 Å². The summed E-state index contributed by atoms with van der Waals surface area (Å²) in [6.07, 6.45) is 0. The Hall–Kier alpha value is 0.830. The van der Waals surface area contributed by atoms with Crippen molar-refractivity contribution >= 4 is 34.8 Å².